The van der Waals surface area contributed by atoms with Crippen LogP contribution in [0.2, 0.25) is 5.15 Å². The Balaban J connectivity index is 0.000000149. The monoisotopic (exact) mass is 1340 g/mol. The first kappa shape index (κ1) is 59.1. The highest BCUT2D eigenvalue weighted by Gasteiger charge is 2.25. The first-order chi connectivity index (χ1) is 45.1. The largest absolute Gasteiger partial charge is 0.488 e. The Morgan fingerprint density at radius 2 is 0.758 bits per heavy atom. The summed E-state index contributed by atoms with van der Waals surface area (Å²) in [5.74, 6) is 3.29. The van der Waals surface area contributed by atoms with Gasteiger partial charge in [-0.2, -0.15) is 38.4 Å². The zero-order valence-electron chi connectivity index (χ0n) is 55.0. The molecule has 0 saturated heterocycles. The SMILES string of the molecule is [3H]c1ccc(OCc2c(Br)nn(C)c2-n2nnn(C)c2=O)c(C)c1.[3H]c1ccc(OCc2c(Cl)nn(C)c2-n2nnn(C)c2=O)c(C)c1.[3H]c1ccc(OCc2c(F)nn(C)c2-n2nnn(C)c2=O)c(C)c1.[3H]c1ccc(OCc2cnn(C)c2-n2nnn(C)c2=O)c(C)c1. The van der Waals surface area contributed by atoms with Gasteiger partial charge >= 0.3 is 22.8 Å². The number of rotatable bonds is 16. The molecule has 0 aliphatic carbocycles. The lowest BCUT2D eigenvalue weighted by Crippen LogP contribution is -2.24. The van der Waals surface area contributed by atoms with E-state index in [1.54, 1.807) is 116 Å². The second kappa shape index (κ2) is 28.1. The van der Waals surface area contributed by atoms with E-state index in [9.17, 15) is 23.6 Å². The van der Waals surface area contributed by atoms with E-state index in [0.29, 0.717) is 85.9 Å². The number of hydrogen-bond donors (Lipinski definition) is 0. The molecule has 12 rings (SSSR count). The molecule has 8 aromatic heterocycles. The van der Waals surface area contributed by atoms with Crippen LogP contribution in [0.3, 0.4) is 0 Å². The van der Waals surface area contributed by atoms with Gasteiger partial charge in [0.05, 0.1) is 33.9 Å². The zero-order chi connectivity index (χ0) is 68.9. The molecule has 8 heterocycles. The van der Waals surface area contributed by atoms with Gasteiger partial charge in [-0.3, -0.25) is 4.68 Å². The Labute approximate surface area is 534 Å². The van der Waals surface area contributed by atoms with Crippen LogP contribution in [0.4, 0.5) is 4.39 Å². The Kier molecular flexibility index (Phi) is 18.2. The average molecular weight is 1340 g/mol. The van der Waals surface area contributed by atoms with Crippen LogP contribution in [0.15, 0.2) is 127 Å². The molecule has 32 nitrogen and oxygen atoms in total. The van der Waals surface area contributed by atoms with Crippen molar-refractivity contribution in [3.8, 4) is 46.3 Å². The van der Waals surface area contributed by atoms with Crippen molar-refractivity contribution in [1.29, 1.82) is 0 Å². The summed E-state index contributed by atoms with van der Waals surface area (Å²) in [7, 11) is 12.6. The van der Waals surface area contributed by atoms with E-state index in [-0.39, 0.29) is 54.3 Å². The minimum atomic E-state index is -0.750. The molecule has 0 fully saturated rings. The molecule has 0 spiro atoms. The lowest BCUT2D eigenvalue weighted by atomic mass is 10.2. The van der Waals surface area contributed by atoms with Crippen molar-refractivity contribution < 1.29 is 28.8 Å². The number of benzene rings is 4. The van der Waals surface area contributed by atoms with Crippen LogP contribution >= 0.6 is 27.5 Å². The van der Waals surface area contributed by atoms with Crippen molar-refractivity contribution >= 4 is 27.5 Å². The van der Waals surface area contributed by atoms with E-state index in [0.717, 1.165) is 50.3 Å². The number of hydrogen-bond acceptors (Lipinski definition) is 20. The molecule has 0 bridgehead atoms. The Morgan fingerprint density at radius 3 is 1.14 bits per heavy atom. The van der Waals surface area contributed by atoms with Crippen molar-refractivity contribution in [1.82, 2.24) is 118 Å². The number of aryl methyl sites for hydroxylation is 12. The predicted octanol–water partition coefficient (Wildman–Crippen LogP) is 3.90. The highest BCUT2D eigenvalue weighted by atomic mass is 79.9. The molecule has 474 valence electrons. The van der Waals surface area contributed by atoms with E-state index in [1.807, 2.05) is 20.8 Å². The maximum absolute atomic E-state index is 14.2. The second-order valence-electron chi connectivity index (χ2n) is 19.9. The number of para-hydroxylation sites is 4. The fourth-order valence-electron chi connectivity index (χ4n) is 8.64. The van der Waals surface area contributed by atoms with Gasteiger partial charge in [0.2, 0.25) is 5.95 Å². The summed E-state index contributed by atoms with van der Waals surface area (Å²) < 4.78 is 82.8. The van der Waals surface area contributed by atoms with Gasteiger partial charge in [0.1, 0.15) is 54.0 Å². The van der Waals surface area contributed by atoms with Gasteiger partial charge in [-0.15, -0.1) is 23.8 Å². The maximum atomic E-state index is 14.2. The second-order valence-corrected chi connectivity index (χ2v) is 21.0. The van der Waals surface area contributed by atoms with Crippen LogP contribution in [0.25, 0.3) is 23.3 Å². The molecule has 35 heteroatoms. The standard InChI is InChI=1S/C14H15BrN6O2.C14H15ClN6O2.C14H15FN6O2.C14H16N6O2/c3*1-9-6-4-5-7-11(9)23-8-10-12(15)16-19(2)13(10)21-14(22)20(3)17-18-21;1-10-6-4-5-7-12(10)22-9-11-8-15-18(2)13(11)20-14(21)19(3)16-17-20/h3*4-7H,8H2,1-3H3;4-8H,9H2,1-3H3/i4*4T. The van der Waals surface area contributed by atoms with Gasteiger partial charge in [-0.05, 0) is 132 Å². The third-order valence-corrected chi connectivity index (χ3v) is 14.4. The van der Waals surface area contributed by atoms with Crippen LogP contribution in [0.1, 0.15) is 50.0 Å². The highest BCUT2D eigenvalue weighted by molar-refractivity contribution is 9.10. The molecule has 0 aliphatic rings. The summed E-state index contributed by atoms with van der Waals surface area (Å²) in [6, 6.07) is 21.8. The van der Waals surface area contributed by atoms with Crippen molar-refractivity contribution in [3.63, 3.8) is 0 Å². The summed E-state index contributed by atoms with van der Waals surface area (Å²) in [6.07, 6.45) is 1.63. The number of nitrogens with zero attached hydrogens (tertiary/aromatic N) is 24. The molecule has 12 aromatic rings. The molecular weight excluding hydrogens is 1270 g/mol. The first-order valence-corrected chi connectivity index (χ1v) is 28.2. The lowest BCUT2D eigenvalue weighted by molar-refractivity contribution is 0.297. The van der Waals surface area contributed by atoms with Crippen molar-refractivity contribution in [3.05, 3.63) is 205 Å². The Bertz CT molecular complexity index is 4660. The topological polar surface area (TPSA) is 319 Å². The van der Waals surface area contributed by atoms with Crippen LogP contribution in [0.5, 0.6) is 23.0 Å². The van der Waals surface area contributed by atoms with Gasteiger partial charge in [-0.25, -0.2) is 33.2 Å². The molecule has 0 amide bonds. The van der Waals surface area contributed by atoms with Crippen LogP contribution in [-0.2, 0) is 82.8 Å². The summed E-state index contributed by atoms with van der Waals surface area (Å²) in [6.45, 7) is 7.77. The van der Waals surface area contributed by atoms with Crippen molar-refractivity contribution in [2.45, 2.75) is 54.1 Å². The van der Waals surface area contributed by atoms with E-state index >= 15 is 0 Å². The van der Waals surface area contributed by atoms with Gasteiger partial charge in [-0.1, -0.05) is 84.3 Å². The maximum Gasteiger partial charge on any atom is 0.369 e. The molecule has 0 radical (unpaired) electrons. The minimum absolute atomic E-state index is 0.0921. The lowest BCUT2D eigenvalue weighted by Gasteiger charge is -2.09. The van der Waals surface area contributed by atoms with Crippen LogP contribution in [-0.4, -0.2) is 118 Å². The van der Waals surface area contributed by atoms with E-state index in [4.69, 9.17) is 36.0 Å². The average Bonchev–Trinajstić information content (AvgIpc) is 1.68. The third-order valence-electron chi connectivity index (χ3n) is 13.4. The smallest absolute Gasteiger partial charge is 0.369 e. The minimum Gasteiger partial charge on any atom is -0.488 e. The summed E-state index contributed by atoms with van der Waals surface area (Å²) >= 11 is 9.57. The summed E-state index contributed by atoms with van der Waals surface area (Å²) in [4.78, 5) is 48.3. The van der Waals surface area contributed by atoms with Gasteiger partial charge in [0, 0.05) is 56.4 Å². The van der Waals surface area contributed by atoms with Crippen LogP contribution < -0.4 is 41.7 Å². The van der Waals surface area contributed by atoms with E-state index < -0.39 is 17.3 Å². The molecule has 0 atom stereocenters. The Hall–Kier alpha value is -10.9. The van der Waals surface area contributed by atoms with E-state index in [2.05, 4.69) is 78.0 Å². The quantitative estimate of drug-likeness (QED) is 0.132. The normalized spacial score (nSPS) is 11.5. The molecule has 0 N–H and O–H groups in total. The predicted molar refractivity (Wildman–Crippen MR) is 328 cm³/mol. The number of halogens is 3. The number of aromatic nitrogens is 24. The summed E-state index contributed by atoms with van der Waals surface area (Å²) in [5, 5.41) is 46.5. The van der Waals surface area contributed by atoms with Gasteiger partial charge < -0.3 is 18.9 Å². The Morgan fingerprint density at radius 1 is 0.429 bits per heavy atom. The molecular formula is C56H61BrClFN24O8. The molecule has 91 heavy (non-hydrogen) atoms. The molecule has 0 unspecified atom stereocenters. The number of ether oxygens (including phenoxy) is 4. The van der Waals surface area contributed by atoms with Crippen molar-refractivity contribution in [2.24, 2.45) is 56.4 Å². The molecule has 0 saturated carbocycles. The fraction of sp³-hybridized carbons (Fsp3) is 0.286. The first-order valence-electron chi connectivity index (χ1n) is 29.0. The molecule has 4 aromatic carbocycles. The summed E-state index contributed by atoms with van der Waals surface area (Å²) in [5.41, 5.74) is 3.67. The van der Waals surface area contributed by atoms with Gasteiger partial charge in [0.15, 0.2) is 28.4 Å². The fourth-order valence-corrected chi connectivity index (χ4v) is 9.42. The molecule has 0 aliphatic heterocycles. The number of tetrazole rings is 4. The van der Waals surface area contributed by atoms with Crippen LogP contribution in [0, 0.1) is 33.6 Å². The zero-order valence-corrected chi connectivity index (χ0v) is 53.3. The third kappa shape index (κ3) is 14.2. The van der Waals surface area contributed by atoms with E-state index in [1.165, 1.54) is 54.0 Å². The van der Waals surface area contributed by atoms with Gasteiger partial charge in [0.25, 0.3) is 0 Å². The highest BCUT2D eigenvalue weighted by Crippen LogP contribution is 2.28. The van der Waals surface area contributed by atoms with Crippen molar-refractivity contribution in [2.75, 3.05) is 0 Å².